The zero-order chi connectivity index (χ0) is 20.8. The highest BCUT2D eigenvalue weighted by Crippen LogP contribution is 2.31. The quantitative estimate of drug-likeness (QED) is 0.618. The molecule has 3 aromatic rings. The van der Waals surface area contributed by atoms with E-state index in [0.717, 1.165) is 77.7 Å². The average molecular weight is 397 g/mol. The number of rotatable bonds is 2. The summed E-state index contributed by atoms with van der Waals surface area (Å²) in [4.78, 5) is 19.7. The number of carbonyl (C=O) groups is 1. The van der Waals surface area contributed by atoms with Gasteiger partial charge in [-0.15, -0.1) is 0 Å². The van der Waals surface area contributed by atoms with Crippen molar-refractivity contribution in [2.75, 3.05) is 6.54 Å². The van der Waals surface area contributed by atoms with Gasteiger partial charge >= 0.3 is 0 Å². The molecule has 0 N–H and O–H groups in total. The number of imidazole rings is 1. The van der Waals surface area contributed by atoms with Crippen LogP contribution >= 0.6 is 0 Å². The molecule has 150 valence electrons. The molecule has 1 saturated heterocycles. The fourth-order valence-corrected chi connectivity index (χ4v) is 4.92. The first-order valence-electron chi connectivity index (χ1n) is 10.7. The lowest BCUT2D eigenvalue weighted by atomic mass is 9.42. The van der Waals surface area contributed by atoms with E-state index in [2.05, 4.69) is 23.1 Å². The zero-order valence-corrected chi connectivity index (χ0v) is 17.4. The van der Waals surface area contributed by atoms with Gasteiger partial charge in [0, 0.05) is 29.7 Å². The molecule has 0 spiro atoms. The monoisotopic (exact) mass is 397 g/mol. The van der Waals surface area contributed by atoms with Gasteiger partial charge in [0.25, 0.3) is 12.6 Å². The van der Waals surface area contributed by atoms with Gasteiger partial charge in [-0.25, -0.2) is 14.8 Å². The number of hydrogen-bond acceptors (Lipinski definition) is 4. The SMILES string of the molecule is Cc1cn2nc(-c3ccc4c(c3)CCN(C3CCB(C#N)CC3)C4=O)cc(C)c2n1. The molecular weight excluding hydrogens is 373 g/mol. The zero-order valence-electron chi connectivity index (χ0n) is 17.4. The van der Waals surface area contributed by atoms with Crippen LogP contribution in [0.3, 0.4) is 0 Å². The highest BCUT2D eigenvalue weighted by Gasteiger charge is 2.33. The molecule has 0 unspecified atom stereocenters. The Morgan fingerprint density at radius 2 is 2.00 bits per heavy atom. The van der Waals surface area contributed by atoms with Gasteiger partial charge in [0.2, 0.25) is 0 Å². The maximum atomic E-state index is 13.2. The van der Waals surface area contributed by atoms with Gasteiger partial charge < -0.3 is 4.90 Å². The van der Waals surface area contributed by atoms with Gasteiger partial charge in [-0.1, -0.05) is 18.7 Å². The summed E-state index contributed by atoms with van der Waals surface area (Å²) in [6.07, 6.45) is 6.47. The van der Waals surface area contributed by atoms with Gasteiger partial charge in [0.1, 0.15) is 0 Å². The van der Waals surface area contributed by atoms with E-state index >= 15 is 0 Å². The number of benzene rings is 1. The summed E-state index contributed by atoms with van der Waals surface area (Å²) in [6.45, 7) is 4.93. The average Bonchev–Trinajstić information content (AvgIpc) is 3.15. The second kappa shape index (κ2) is 7.28. The molecule has 0 atom stereocenters. The second-order valence-electron chi connectivity index (χ2n) is 8.62. The Kier molecular flexibility index (Phi) is 4.58. The van der Waals surface area contributed by atoms with Crippen molar-refractivity contribution >= 4 is 18.3 Å². The maximum absolute atomic E-state index is 13.2. The third kappa shape index (κ3) is 3.17. The Morgan fingerprint density at radius 3 is 2.77 bits per heavy atom. The minimum Gasteiger partial charge on any atom is -0.335 e. The van der Waals surface area contributed by atoms with Crippen molar-refractivity contribution in [3.63, 3.8) is 0 Å². The topological polar surface area (TPSA) is 74.3 Å². The van der Waals surface area contributed by atoms with Crippen LogP contribution in [0.15, 0.2) is 30.5 Å². The van der Waals surface area contributed by atoms with Gasteiger partial charge in [0.05, 0.1) is 17.6 Å². The van der Waals surface area contributed by atoms with Gasteiger partial charge in [-0.3, -0.25) is 4.79 Å². The lowest BCUT2D eigenvalue weighted by Gasteiger charge is -2.38. The van der Waals surface area contributed by atoms with E-state index in [1.807, 2.05) is 41.6 Å². The second-order valence-corrected chi connectivity index (χ2v) is 8.62. The fourth-order valence-electron chi connectivity index (χ4n) is 4.92. The molecule has 0 radical (unpaired) electrons. The minimum absolute atomic E-state index is 0.132. The summed E-state index contributed by atoms with van der Waals surface area (Å²) in [6, 6.07) is 8.42. The highest BCUT2D eigenvalue weighted by molar-refractivity contribution is 6.67. The molecular formula is C23H24BN5O. The van der Waals surface area contributed by atoms with Crippen LogP contribution in [0.1, 0.15) is 40.0 Å². The molecule has 2 aliphatic heterocycles. The predicted molar refractivity (Wildman–Crippen MR) is 117 cm³/mol. The minimum atomic E-state index is 0.132. The van der Waals surface area contributed by atoms with E-state index in [9.17, 15) is 4.79 Å². The maximum Gasteiger partial charge on any atom is 0.268 e. The first-order valence-corrected chi connectivity index (χ1v) is 10.7. The molecule has 0 bridgehead atoms. The highest BCUT2D eigenvalue weighted by atomic mass is 16.2. The Labute approximate surface area is 176 Å². The first-order chi connectivity index (χ1) is 14.5. The molecule has 30 heavy (non-hydrogen) atoms. The van der Waals surface area contributed by atoms with Crippen molar-refractivity contribution in [3.05, 3.63) is 52.8 Å². The normalized spacial score (nSPS) is 17.3. The molecule has 2 aromatic heterocycles. The molecule has 0 aliphatic carbocycles. The van der Waals surface area contributed by atoms with Gasteiger partial charge in [-0.05, 0) is 62.4 Å². The molecule has 4 heterocycles. The van der Waals surface area contributed by atoms with Crippen LogP contribution in [0, 0.1) is 25.1 Å². The Bertz CT molecular complexity index is 1190. The lowest BCUT2D eigenvalue weighted by Crippen LogP contribution is -2.46. The number of aromatic nitrogens is 3. The van der Waals surface area contributed by atoms with Crippen LogP contribution in [-0.4, -0.2) is 44.7 Å². The Hall–Kier alpha value is -3.14. The fraction of sp³-hybridized carbons (Fsp3) is 0.391. The Morgan fingerprint density at radius 1 is 1.20 bits per heavy atom. The van der Waals surface area contributed by atoms with E-state index in [4.69, 9.17) is 10.4 Å². The first kappa shape index (κ1) is 18.9. The summed E-state index contributed by atoms with van der Waals surface area (Å²) in [7, 11) is 0. The van der Waals surface area contributed by atoms with Gasteiger partial charge in [-0.2, -0.15) is 5.10 Å². The van der Waals surface area contributed by atoms with Crippen LogP contribution in [-0.2, 0) is 6.42 Å². The van der Waals surface area contributed by atoms with Crippen molar-refractivity contribution in [3.8, 4) is 17.2 Å². The van der Waals surface area contributed by atoms with E-state index in [0.29, 0.717) is 0 Å². The summed E-state index contributed by atoms with van der Waals surface area (Å²) in [5.41, 5.74) is 6.74. The number of nitriles is 1. The number of amides is 1. The molecule has 5 rings (SSSR count). The standard InChI is InChI=1S/C23H24BN5O/c1-15-11-21(27-29-13-16(2)26-22(15)29)18-3-4-20-17(12-18)7-10-28(23(20)30)19-5-8-24(14-25)9-6-19/h3-4,11-13,19H,5-10H2,1-2H3. The molecule has 1 amide bonds. The number of fused-ring (bicyclic) bond motifs is 2. The summed E-state index contributed by atoms with van der Waals surface area (Å²) in [5.74, 6) is 2.51. The number of aryl methyl sites for hydroxylation is 2. The summed E-state index contributed by atoms with van der Waals surface area (Å²) < 4.78 is 1.84. The molecule has 7 heteroatoms. The van der Waals surface area contributed by atoms with Crippen LogP contribution in [0.2, 0.25) is 12.6 Å². The van der Waals surface area contributed by atoms with E-state index in [1.165, 1.54) is 0 Å². The number of hydrogen-bond donors (Lipinski definition) is 0. The molecule has 2 aliphatic rings. The van der Waals surface area contributed by atoms with Crippen molar-refractivity contribution in [1.82, 2.24) is 19.5 Å². The molecule has 6 nitrogen and oxygen atoms in total. The van der Waals surface area contributed by atoms with Crippen LogP contribution in [0.4, 0.5) is 0 Å². The molecule has 0 saturated carbocycles. The predicted octanol–water partition coefficient (Wildman–Crippen LogP) is 3.73. The van der Waals surface area contributed by atoms with Crippen molar-refractivity contribution in [1.29, 1.82) is 5.26 Å². The summed E-state index contributed by atoms with van der Waals surface area (Å²) >= 11 is 0. The van der Waals surface area contributed by atoms with Crippen molar-refractivity contribution in [2.45, 2.75) is 51.8 Å². The molecule has 1 fully saturated rings. The third-order valence-electron chi connectivity index (χ3n) is 6.56. The van der Waals surface area contributed by atoms with E-state index < -0.39 is 0 Å². The van der Waals surface area contributed by atoms with Crippen LogP contribution in [0.5, 0.6) is 0 Å². The summed E-state index contributed by atoms with van der Waals surface area (Å²) in [5, 5.41) is 13.9. The largest absolute Gasteiger partial charge is 0.335 e. The van der Waals surface area contributed by atoms with Crippen molar-refractivity contribution < 1.29 is 4.79 Å². The van der Waals surface area contributed by atoms with E-state index in [-0.39, 0.29) is 18.7 Å². The van der Waals surface area contributed by atoms with E-state index in [1.54, 1.807) is 0 Å². The Balaban J connectivity index is 1.42. The number of carbonyl (C=O) groups excluding carboxylic acids is 1. The number of nitrogens with zero attached hydrogens (tertiary/aromatic N) is 5. The lowest BCUT2D eigenvalue weighted by molar-refractivity contribution is 0.0645. The van der Waals surface area contributed by atoms with Crippen LogP contribution < -0.4 is 0 Å². The smallest absolute Gasteiger partial charge is 0.268 e. The van der Waals surface area contributed by atoms with Gasteiger partial charge in [0.15, 0.2) is 5.65 Å². The van der Waals surface area contributed by atoms with Crippen LogP contribution in [0.25, 0.3) is 16.9 Å². The molecule has 1 aromatic carbocycles. The van der Waals surface area contributed by atoms with Crippen molar-refractivity contribution in [2.24, 2.45) is 0 Å². The third-order valence-corrected chi connectivity index (χ3v) is 6.56.